The van der Waals surface area contributed by atoms with E-state index in [0.717, 1.165) is 16.1 Å². The average Bonchev–Trinajstić information content (AvgIpc) is 2.83. The fourth-order valence-electron chi connectivity index (χ4n) is 3.39. The van der Waals surface area contributed by atoms with Crippen molar-refractivity contribution in [3.05, 3.63) is 102 Å². The SMILES string of the molecule is CN(CC(=O)N(Cc1ccccc1)[C@@H](C(=O)NCc1ccccn1)c1ccccc1)S(C)(=O)=O. The zero-order chi connectivity index (χ0) is 24.6. The van der Waals surface area contributed by atoms with Crippen molar-refractivity contribution in [2.45, 2.75) is 19.1 Å². The molecule has 1 aromatic heterocycles. The minimum Gasteiger partial charge on any atom is -0.348 e. The lowest BCUT2D eigenvalue weighted by molar-refractivity contribution is -0.141. The van der Waals surface area contributed by atoms with Gasteiger partial charge in [0, 0.05) is 19.8 Å². The second-order valence-corrected chi connectivity index (χ2v) is 9.97. The first-order valence-electron chi connectivity index (χ1n) is 10.7. The first-order chi connectivity index (χ1) is 16.3. The van der Waals surface area contributed by atoms with Crippen LogP contribution in [0.25, 0.3) is 0 Å². The number of hydrogen-bond acceptors (Lipinski definition) is 5. The van der Waals surface area contributed by atoms with Crippen molar-refractivity contribution >= 4 is 21.8 Å². The number of amides is 2. The van der Waals surface area contributed by atoms with E-state index in [0.29, 0.717) is 11.3 Å². The first-order valence-corrected chi connectivity index (χ1v) is 12.6. The molecule has 1 atom stereocenters. The zero-order valence-electron chi connectivity index (χ0n) is 19.2. The minimum atomic E-state index is -3.58. The fraction of sp³-hybridized carbons (Fsp3) is 0.240. The molecule has 0 aliphatic carbocycles. The third kappa shape index (κ3) is 6.97. The van der Waals surface area contributed by atoms with Gasteiger partial charge >= 0.3 is 0 Å². The Labute approximate surface area is 200 Å². The van der Waals surface area contributed by atoms with Crippen LogP contribution in [-0.4, -0.2) is 54.3 Å². The van der Waals surface area contributed by atoms with E-state index in [1.54, 1.807) is 42.6 Å². The summed E-state index contributed by atoms with van der Waals surface area (Å²) in [6, 6.07) is 22.7. The highest BCUT2D eigenvalue weighted by Gasteiger charge is 2.32. The lowest BCUT2D eigenvalue weighted by Gasteiger charge is -2.32. The summed E-state index contributed by atoms with van der Waals surface area (Å²) in [6.45, 7) is -0.0595. The molecule has 0 saturated heterocycles. The van der Waals surface area contributed by atoms with Crippen LogP contribution in [0.5, 0.6) is 0 Å². The molecule has 9 heteroatoms. The van der Waals surface area contributed by atoms with Gasteiger partial charge in [0.1, 0.15) is 6.04 Å². The van der Waals surface area contributed by atoms with E-state index in [2.05, 4.69) is 10.3 Å². The van der Waals surface area contributed by atoms with E-state index in [9.17, 15) is 18.0 Å². The summed E-state index contributed by atoms with van der Waals surface area (Å²) >= 11 is 0. The van der Waals surface area contributed by atoms with Gasteiger partial charge in [-0.2, -0.15) is 4.31 Å². The maximum absolute atomic E-state index is 13.5. The van der Waals surface area contributed by atoms with Crippen molar-refractivity contribution in [3.63, 3.8) is 0 Å². The predicted molar refractivity (Wildman–Crippen MR) is 130 cm³/mol. The van der Waals surface area contributed by atoms with E-state index >= 15 is 0 Å². The van der Waals surface area contributed by atoms with Crippen LogP contribution in [0.15, 0.2) is 85.1 Å². The molecule has 0 fully saturated rings. The number of hydrogen-bond donors (Lipinski definition) is 1. The van der Waals surface area contributed by atoms with Gasteiger partial charge in [0.2, 0.25) is 21.8 Å². The second kappa shape index (κ2) is 11.5. The summed E-state index contributed by atoms with van der Waals surface area (Å²) in [4.78, 5) is 32.5. The number of nitrogens with one attached hydrogen (secondary N) is 1. The average molecular weight is 481 g/mol. The topological polar surface area (TPSA) is 99.7 Å². The third-order valence-electron chi connectivity index (χ3n) is 5.29. The van der Waals surface area contributed by atoms with E-state index in [1.165, 1.54) is 11.9 Å². The number of nitrogens with zero attached hydrogens (tertiary/aromatic N) is 3. The highest BCUT2D eigenvalue weighted by Crippen LogP contribution is 2.24. The maximum atomic E-state index is 13.5. The van der Waals surface area contributed by atoms with Gasteiger partial charge in [-0.1, -0.05) is 66.7 Å². The quantitative estimate of drug-likeness (QED) is 0.480. The van der Waals surface area contributed by atoms with Gasteiger partial charge in [0.15, 0.2) is 0 Å². The Hall–Kier alpha value is -3.56. The Bertz CT molecular complexity index is 1190. The number of pyridine rings is 1. The van der Waals surface area contributed by atoms with Gasteiger partial charge < -0.3 is 10.2 Å². The summed E-state index contributed by atoms with van der Waals surface area (Å²) in [5, 5.41) is 2.88. The van der Waals surface area contributed by atoms with Gasteiger partial charge in [0.25, 0.3) is 0 Å². The molecule has 8 nitrogen and oxygen atoms in total. The zero-order valence-corrected chi connectivity index (χ0v) is 20.0. The number of benzene rings is 2. The molecule has 2 amide bonds. The molecule has 0 bridgehead atoms. The van der Waals surface area contributed by atoms with Crippen LogP contribution in [0, 0.1) is 0 Å². The number of likely N-dealkylation sites (N-methyl/N-ethyl adjacent to an activating group) is 1. The van der Waals surface area contributed by atoms with Crippen molar-refractivity contribution in [3.8, 4) is 0 Å². The van der Waals surface area contributed by atoms with Crippen LogP contribution >= 0.6 is 0 Å². The van der Waals surface area contributed by atoms with Crippen molar-refractivity contribution in [2.24, 2.45) is 0 Å². The standard InChI is InChI=1S/C25H28N4O4S/c1-28(34(2,32)33)19-23(30)29(18-20-11-5-3-6-12-20)24(21-13-7-4-8-14-21)25(31)27-17-22-15-9-10-16-26-22/h3-16,24H,17-19H2,1-2H3,(H,27,31)/t24-/m1/s1. The maximum Gasteiger partial charge on any atom is 0.247 e. The van der Waals surface area contributed by atoms with Gasteiger partial charge in [0.05, 0.1) is 25.0 Å². The van der Waals surface area contributed by atoms with Crippen LogP contribution < -0.4 is 5.32 Å². The van der Waals surface area contributed by atoms with Crippen molar-refractivity contribution in [2.75, 3.05) is 19.8 Å². The first kappa shape index (κ1) is 25.1. The summed E-state index contributed by atoms with van der Waals surface area (Å²) in [5.74, 6) is -0.873. The summed E-state index contributed by atoms with van der Waals surface area (Å²) in [7, 11) is -2.24. The Morgan fingerprint density at radius 2 is 1.56 bits per heavy atom. The summed E-state index contributed by atoms with van der Waals surface area (Å²) in [6.07, 6.45) is 2.68. The second-order valence-electron chi connectivity index (χ2n) is 7.88. The highest BCUT2D eigenvalue weighted by atomic mass is 32.2. The van der Waals surface area contributed by atoms with Gasteiger partial charge in [-0.05, 0) is 23.3 Å². The molecule has 1 heterocycles. The van der Waals surface area contributed by atoms with Crippen molar-refractivity contribution < 1.29 is 18.0 Å². The van der Waals surface area contributed by atoms with E-state index in [-0.39, 0.29) is 25.5 Å². The Kier molecular flexibility index (Phi) is 8.50. The smallest absolute Gasteiger partial charge is 0.247 e. The lowest BCUT2D eigenvalue weighted by atomic mass is 10.0. The monoisotopic (exact) mass is 480 g/mol. The van der Waals surface area contributed by atoms with E-state index in [4.69, 9.17) is 0 Å². The molecule has 178 valence electrons. The van der Waals surface area contributed by atoms with Crippen LogP contribution in [0.4, 0.5) is 0 Å². The van der Waals surface area contributed by atoms with Crippen LogP contribution in [0.3, 0.4) is 0 Å². The third-order valence-corrected chi connectivity index (χ3v) is 6.55. The lowest BCUT2D eigenvalue weighted by Crippen LogP contribution is -2.47. The van der Waals surface area contributed by atoms with Crippen molar-refractivity contribution in [1.82, 2.24) is 19.5 Å². The molecule has 0 radical (unpaired) electrons. The normalized spacial score (nSPS) is 12.2. The summed E-state index contributed by atoms with van der Waals surface area (Å²) < 4.78 is 24.9. The minimum absolute atomic E-state index is 0.133. The number of rotatable bonds is 10. The molecule has 3 aromatic rings. The Morgan fingerprint density at radius 3 is 2.15 bits per heavy atom. The highest BCUT2D eigenvalue weighted by molar-refractivity contribution is 7.88. The number of carbonyl (C=O) groups is 2. The number of sulfonamides is 1. The summed E-state index contributed by atoms with van der Waals surface area (Å²) in [5.41, 5.74) is 2.11. The molecule has 0 aliphatic heterocycles. The van der Waals surface area contributed by atoms with Crippen LogP contribution in [-0.2, 0) is 32.7 Å². The molecule has 0 aliphatic rings. The fourth-order valence-corrected chi connectivity index (χ4v) is 3.73. The number of carbonyl (C=O) groups excluding carboxylic acids is 2. The number of aromatic nitrogens is 1. The molecular formula is C25H28N4O4S. The van der Waals surface area contributed by atoms with Crippen LogP contribution in [0.1, 0.15) is 22.9 Å². The molecule has 0 saturated carbocycles. The Balaban J connectivity index is 1.96. The molecular weight excluding hydrogens is 452 g/mol. The molecule has 3 rings (SSSR count). The van der Waals surface area contributed by atoms with E-state index < -0.39 is 22.0 Å². The predicted octanol–water partition coefficient (Wildman–Crippen LogP) is 2.36. The van der Waals surface area contributed by atoms with Crippen molar-refractivity contribution in [1.29, 1.82) is 0 Å². The van der Waals surface area contributed by atoms with Gasteiger partial charge in [-0.15, -0.1) is 0 Å². The van der Waals surface area contributed by atoms with Gasteiger partial charge in [-0.3, -0.25) is 14.6 Å². The van der Waals surface area contributed by atoms with Crippen LogP contribution in [0.2, 0.25) is 0 Å². The largest absolute Gasteiger partial charge is 0.348 e. The molecule has 2 aromatic carbocycles. The van der Waals surface area contributed by atoms with Gasteiger partial charge in [-0.25, -0.2) is 8.42 Å². The van der Waals surface area contributed by atoms with E-state index in [1.807, 2.05) is 42.5 Å². The molecule has 34 heavy (non-hydrogen) atoms. The molecule has 0 spiro atoms. The molecule has 1 N–H and O–H groups in total. The molecule has 0 unspecified atom stereocenters. The Morgan fingerprint density at radius 1 is 0.941 bits per heavy atom.